The monoisotopic (exact) mass is 480 g/mol. The minimum Gasteiger partial charge on any atom is -0.467 e. The Hall–Kier alpha value is -3.62. The molecular weight excluding hydrogens is 448 g/mol. The Balaban J connectivity index is 1.48. The molecule has 0 bridgehead atoms. The number of carbonyl (C=O) groups excluding carboxylic acids is 4. The van der Waals surface area contributed by atoms with Gasteiger partial charge in [-0.3, -0.25) is 19.3 Å². The topological polar surface area (TPSA) is 112 Å². The summed E-state index contributed by atoms with van der Waals surface area (Å²) < 4.78 is 5.37. The van der Waals surface area contributed by atoms with E-state index in [9.17, 15) is 19.2 Å². The van der Waals surface area contributed by atoms with Gasteiger partial charge in [-0.15, -0.1) is 0 Å². The molecule has 9 nitrogen and oxygen atoms in total. The number of benzene rings is 1. The fourth-order valence-electron chi connectivity index (χ4n) is 5.60. The fraction of sp³-hybridized carbons (Fsp3) is 0.462. The highest BCUT2D eigenvalue weighted by Gasteiger charge is 2.56. The molecule has 5 amide bonds. The van der Waals surface area contributed by atoms with E-state index in [0.717, 1.165) is 11.3 Å². The average Bonchev–Trinajstić information content (AvgIpc) is 3.35. The molecule has 1 saturated heterocycles. The lowest BCUT2D eigenvalue weighted by Crippen LogP contribution is -2.54. The van der Waals surface area contributed by atoms with E-state index in [2.05, 4.69) is 31.4 Å². The second-order valence-electron chi connectivity index (χ2n) is 10.5. The van der Waals surface area contributed by atoms with Gasteiger partial charge >= 0.3 is 6.03 Å². The molecule has 1 aromatic heterocycles. The number of para-hydroxylation sites is 1. The number of imide groups is 1. The number of urea groups is 1. The normalized spacial score (nSPS) is 23.3. The molecule has 2 unspecified atom stereocenters. The number of anilines is 1. The fourth-order valence-corrected chi connectivity index (χ4v) is 5.60. The highest BCUT2D eigenvalue weighted by Crippen LogP contribution is 2.46. The van der Waals surface area contributed by atoms with Crippen molar-refractivity contribution in [3.05, 3.63) is 54.5 Å². The molecule has 1 aliphatic heterocycles. The summed E-state index contributed by atoms with van der Waals surface area (Å²) in [4.78, 5) is 54.5. The zero-order valence-corrected chi connectivity index (χ0v) is 20.4. The molecule has 35 heavy (non-hydrogen) atoms. The Morgan fingerprint density at radius 3 is 2.54 bits per heavy atom. The molecule has 2 N–H and O–H groups in total. The molecule has 2 aliphatic rings. The molecule has 2 aromatic rings. The molecule has 2 atom stereocenters. The maximum absolute atomic E-state index is 13.4. The number of nitrogens with one attached hydrogen (secondary N) is 2. The van der Waals surface area contributed by atoms with Crippen LogP contribution in [-0.2, 0) is 20.9 Å². The Kier molecular flexibility index (Phi) is 6.69. The maximum atomic E-state index is 13.4. The van der Waals surface area contributed by atoms with Crippen LogP contribution in [0.5, 0.6) is 0 Å². The van der Waals surface area contributed by atoms with Crippen molar-refractivity contribution in [1.29, 1.82) is 0 Å². The van der Waals surface area contributed by atoms with Crippen LogP contribution in [0.2, 0.25) is 0 Å². The molecule has 9 heteroatoms. The molecule has 1 aromatic carbocycles. The Labute approximate surface area is 204 Å². The van der Waals surface area contributed by atoms with Crippen LogP contribution >= 0.6 is 0 Å². The second kappa shape index (κ2) is 9.56. The van der Waals surface area contributed by atoms with Crippen LogP contribution in [0.15, 0.2) is 53.1 Å². The van der Waals surface area contributed by atoms with Crippen LogP contribution in [0.1, 0.15) is 45.8 Å². The molecule has 1 spiro atoms. The van der Waals surface area contributed by atoms with E-state index < -0.39 is 29.9 Å². The summed E-state index contributed by atoms with van der Waals surface area (Å²) in [5.41, 5.74) is -0.496. The third kappa shape index (κ3) is 5.55. The molecule has 2 heterocycles. The molecule has 186 valence electrons. The number of amides is 5. The number of hydrogen-bond acceptors (Lipinski definition) is 5. The van der Waals surface area contributed by atoms with Gasteiger partial charge in [-0.05, 0) is 54.9 Å². The summed E-state index contributed by atoms with van der Waals surface area (Å²) in [6.45, 7) is 5.59. The van der Waals surface area contributed by atoms with E-state index in [1.165, 1.54) is 11.2 Å². The number of nitrogens with zero attached hydrogens (tertiary/aromatic N) is 2. The van der Waals surface area contributed by atoms with E-state index in [0.29, 0.717) is 24.3 Å². The first-order valence-electron chi connectivity index (χ1n) is 11.9. The van der Waals surface area contributed by atoms with Gasteiger partial charge in [0.1, 0.15) is 24.4 Å². The van der Waals surface area contributed by atoms with Gasteiger partial charge in [-0.1, -0.05) is 39.0 Å². The van der Waals surface area contributed by atoms with Crippen LogP contribution in [0.3, 0.4) is 0 Å². The van der Waals surface area contributed by atoms with Crippen LogP contribution in [0.4, 0.5) is 10.5 Å². The predicted octanol–water partition coefficient (Wildman–Crippen LogP) is 3.38. The standard InChI is InChI=1S/C26H32N4O5/c1-18-12-25(2,3)17-26(13-18)23(33)30(24(34)28-26)16-22(32)29(14-20-10-7-11-35-20)15-21(31)27-19-8-5-4-6-9-19/h4-11,18H,12-17H2,1-3H3,(H,27,31)(H,28,34). The van der Waals surface area contributed by atoms with Gasteiger partial charge in [0, 0.05) is 5.69 Å². The minimum atomic E-state index is -0.991. The van der Waals surface area contributed by atoms with Crippen LogP contribution < -0.4 is 10.6 Å². The lowest BCUT2D eigenvalue weighted by molar-refractivity contribution is -0.142. The zero-order chi connectivity index (χ0) is 25.2. The van der Waals surface area contributed by atoms with Crippen molar-refractivity contribution in [1.82, 2.24) is 15.1 Å². The Bertz CT molecular complexity index is 1100. The molecule has 1 saturated carbocycles. The number of rotatable bonds is 7. The van der Waals surface area contributed by atoms with Gasteiger partial charge in [-0.2, -0.15) is 0 Å². The van der Waals surface area contributed by atoms with Crippen LogP contribution in [0.25, 0.3) is 0 Å². The number of carbonyl (C=O) groups is 4. The van der Waals surface area contributed by atoms with Gasteiger partial charge in [0.05, 0.1) is 12.8 Å². The maximum Gasteiger partial charge on any atom is 0.325 e. The highest BCUT2D eigenvalue weighted by molar-refractivity contribution is 6.09. The first-order chi connectivity index (χ1) is 16.6. The van der Waals surface area contributed by atoms with Crippen molar-refractivity contribution in [3.63, 3.8) is 0 Å². The summed E-state index contributed by atoms with van der Waals surface area (Å²) in [5, 5.41) is 5.64. The summed E-state index contributed by atoms with van der Waals surface area (Å²) in [5.74, 6) is -0.541. The van der Waals surface area contributed by atoms with Crippen molar-refractivity contribution in [2.75, 3.05) is 18.4 Å². The van der Waals surface area contributed by atoms with Gasteiger partial charge in [0.15, 0.2) is 0 Å². The van der Waals surface area contributed by atoms with Crippen LogP contribution in [-0.4, -0.2) is 52.2 Å². The average molecular weight is 481 g/mol. The van der Waals surface area contributed by atoms with Crippen molar-refractivity contribution >= 4 is 29.4 Å². The Morgan fingerprint density at radius 2 is 1.89 bits per heavy atom. The highest BCUT2D eigenvalue weighted by atomic mass is 16.3. The minimum absolute atomic E-state index is 0.0346. The SMILES string of the molecule is CC1CC(C)(C)CC2(C1)NC(=O)N(CC(=O)N(CC(=O)Nc1ccccc1)Cc1ccco1)C2=O. The molecule has 2 fully saturated rings. The number of hydrogen-bond donors (Lipinski definition) is 2. The third-order valence-corrected chi connectivity index (χ3v) is 6.59. The lowest BCUT2D eigenvalue weighted by Gasteiger charge is -2.43. The van der Waals surface area contributed by atoms with Gasteiger partial charge < -0.3 is 20.0 Å². The largest absolute Gasteiger partial charge is 0.467 e. The van der Waals surface area contributed by atoms with Crippen molar-refractivity contribution in [2.24, 2.45) is 11.3 Å². The second-order valence-corrected chi connectivity index (χ2v) is 10.5. The predicted molar refractivity (Wildman–Crippen MR) is 129 cm³/mol. The summed E-state index contributed by atoms with van der Waals surface area (Å²) in [6.07, 6.45) is 3.51. The zero-order valence-electron chi connectivity index (χ0n) is 20.4. The molecule has 0 radical (unpaired) electrons. The van der Waals surface area contributed by atoms with E-state index in [1.807, 2.05) is 6.07 Å². The molecular formula is C26H32N4O5. The summed E-state index contributed by atoms with van der Waals surface area (Å²) in [7, 11) is 0. The smallest absolute Gasteiger partial charge is 0.325 e. The van der Waals surface area contributed by atoms with Crippen molar-refractivity contribution in [3.8, 4) is 0 Å². The first kappa shape index (κ1) is 24.5. The van der Waals surface area contributed by atoms with Gasteiger partial charge in [-0.25, -0.2) is 4.79 Å². The van der Waals surface area contributed by atoms with Crippen LogP contribution in [0, 0.1) is 11.3 Å². The lowest BCUT2D eigenvalue weighted by atomic mass is 9.64. The summed E-state index contributed by atoms with van der Waals surface area (Å²) in [6, 6.07) is 11.7. The molecule has 1 aliphatic carbocycles. The van der Waals surface area contributed by atoms with E-state index in [1.54, 1.807) is 36.4 Å². The van der Waals surface area contributed by atoms with Crippen molar-refractivity contribution < 1.29 is 23.6 Å². The third-order valence-electron chi connectivity index (χ3n) is 6.59. The first-order valence-corrected chi connectivity index (χ1v) is 11.9. The van der Waals surface area contributed by atoms with E-state index >= 15 is 0 Å². The van der Waals surface area contributed by atoms with E-state index in [4.69, 9.17) is 4.42 Å². The van der Waals surface area contributed by atoms with Gasteiger partial charge in [0.25, 0.3) is 5.91 Å². The number of furan rings is 1. The quantitative estimate of drug-likeness (QED) is 0.590. The van der Waals surface area contributed by atoms with E-state index in [-0.39, 0.29) is 30.3 Å². The summed E-state index contributed by atoms with van der Waals surface area (Å²) >= 11 is 0. The molecule has 4 rings (SSSR count). The van der Waals surface area contributed by atoms with Gasteiger partial charge in [0.2, 0.25) is 11.8 Å². The van der Waals surface area contributed by atoms with Crippen molar-refractivity contribution in [2.45, 2.75) is 52.1 Å². The Morgan fingerprint density at radius 1 is 1.14 bits per heavy atom.